The predicted octanol–water partition coefficient (Wildman–Crippen LogP) is 2.72. The number of sulfonamides is 1. The van der Waals surface area contributed by atoms with Gasteiger partial charge in [-0.1, -0.05) is 12.1 Å². The van der Waals surface area contributed by atoms with Crippen molar-refractivity contribution < 1.29 is 8.42 Å². The number of piperidine rings is 1. The smallest absolute Gasteiger partial charge is 0.252 e. The molecule has 0 radical (unpaired) electrons. The second-order valence-electron chi connectivity index (χ2n) is 5.42. The molecule has 2 aromatic heterocycles. The molecule has 3 heterocycles. The monoisotopic (exact) mass is 337 g/mol. The van der Waals surface area contributed by atoms with E-state index in [1.54, 1.807) is 21.8 Å². The first-order valence-electron chi connectivity index (χ1n) is 7.29. The van der Waals surface area contributed by atoms with Crippen molar-refractivity contribution in [3.8, 4) is 0 Å². The van der Waals surface area contributed by atoms with Gasteiger partial charge in [-0.25, -0.2) is 13.4 Å². The Balaban J connectivity index is 1.61. The number of rotatable bonds is 4. The second-order valence-corrected chi connectivity index (χ2v) is 8.53. The van der Waals surface area contributed by atoms with Gasteiger partial charge in [-0.3, -0.25) is 0 Å². The SMILES string of the molecule is Cc1cccc(NC2CCN(S(=O)(=O)c3cccs3)CC2)n1. The van der Waals surface area contributed by atoms with E-state index in [2.05, 4.69) is 10.3 Å². The quantitative estimate of drug-likeness (QED) is 0.932. The summed E-state index contributed by atoms with van der Waals surface area (Å²) in [4.78, 5) is 4.43. The molecule has 2 aromatic rings. The molecule has 22 heavy (non-hydrogen) atoms. The Labute approximate surface area is 135 Å². The second kappa shape index (κ2) is 6.36. The maximum absolute atomic E-state index is 12.5. The predicted molar refractivity (Wildman–Crippen MR) is 88.7 cm³/mol. The molecular weight excluding hydrogens is 318 g/mol. The Bertz CT molecular complexity index is 721. The third kappa shape index (κ3) is 3.31. The van der Waals surface area contributed by atoms with Gasteiger partial charge in [-0.05, 0) is 43.3 Å². The van der Waals surface area contributed by atoms with Crippen LogP contribution in [0.4, 0.5) is 5.82 Å². The van der Waals surface area contributed by atoms with Gasteiger partial charge < -0.3 is 5.32 Å². The van der Waals surface area contributed by atoms with E-state index in [0.29, 0.717) is 17.3 Å². The number of nitrogens with one attached hydrogen (secondary N) is 1. The average molecular weight is 337 g/mol. The van der Waals surface area contributed by atoms with Crippen LogP contribution in [0.3, 0.4) is 0 Å². The van der Waals surface area contributed by atoms with Gasteiger partial charge in [0.25, 0.3) is 10.0 Å². The fourth-order valence-electron chi connectivity index (χ4n) is 2.61. The zero-order valence-electron chi connectivity index (χ0n) is 12.4. The molecule has 0 unspecified atom stereocenters. The number of aromatic nitrogens is 1. The summed E-state index contributed by atoms with van der Waals surface area (Å²) in [5, 5.41) is 5.19. The lowest BCUT2D eigenvalue weighted by molar-refractivity contribution is 0.330. The number of pyridine rings is 1. The van der Waals surface area contributed by atoms with E-state index in [9.17, 15) is 8.42 Å². The van der Waals surface area contributed by atoms with Gasteiger partial charge in [0.2, 0.25) is 0 Å². The van der Waals surface area contributed by atoms with E-state index in [1.807, 2.05) is 25.1 Å². The molecule has 5 nitrogen and oxygen atoms in total. The third-order valence-electron chi connectivity index (χ3n) is 3.78. The zero-order valence-corrected chi connectivity index (χ0v) is 14.0. The Kier molecular flexibility index (Phi) is 4.46. The highest BCUT2D eigenvalue weighted by molar-refractivity contribution is 7.91. The number of nitrogens with zero attached hydrogens (tertiary/aromatic N) is 2. The molecule has 118 valence electrons. The van der Waals surface area contributed by atoms with Crippen LogP contribution in [0, 0.1) is 6.92 Å². The molecule has 0 saturated carbocycles. The first kappa shape index (κ1) is 15.5. The molecule has 1 aliphatic heterocycles. The highest BCUT2D eigenvalue weighted by atomic mass is 32.2. The van der Waals surface area contributed by atoms with Crippen LogP contribution in [0.2, 0.25) is 0 Å². The Morgan fingerprint density at radius 3 is 2.64 bits per heavy atom. The normalized spacial score (nSPS) is 17.5. The van der Waals surface area contributed by atoms with Crippen LogP contribution < -0.4 is 5.32 Å². The van der Waals surface area contributed by atoms with Gasteiger partial charge in [0.05, 0.1) is 0 Å². The number of aryl methyl sites for hydroxylation is 1. The highest BCUT2D eigenvalue weighted by Gasteiger charge is 2.29. The number of hydrogen-bond donors (Lipinski definition) is 1. The van der Waals surface area contributed by atoms with Crippen molar-refractivity contribution in [1.29, 1.82) is 0 Å². The van der Waals surface area contributed by atoms with Crippen molar-refractivity contribution >= 4 is 27.2 Å². The van der Waals surface area contributed by atoms with Crippen LogP contribution in [-0.4, -0.2) is 36.8 Å². The minimum atomic E-state index is -3.31. The van der Waals surface area contributed by atoms with E-state index in [4.69, 9.17) is 0 Å². The summed E-state index contributed by atoms with van der Waals surface area (Å²) in [6.07, 6.45) is 1.58. The van der Waals surface area contributed by atoms with Crippen molar-refractivity contribution in [2.45, 2.75) is 30.0 Å². The van der Waals surface area contributed by atoms with E-state index in [0.717, 1.165) is 24.4 Å². The lowest BCUT2D eigenvalue weighted by Crippen LogP contribution is -2.42. The molecule has 1 fully saturated rings. The Morgan fingerprint density at radius 1 is 1.23 bits per heavy atom. The van der Waals surface area contributed by atoms with Crippen LogP contribution in [0.25, 0.3) is 0 Å². The number of thiophene rings is 1. The third-order valence-corrected chi connectivity index (χ3v) is 7.06. The minimum Gasteiger partial charge on any atom is -0.367 e. The molecule has 3 rings (SSSR count). The summed E-state index contributed by atoms with van der Waals surface area (Å²) >= 11 is 1.27. The van der Waals surface area contributed by atoms with E-state index in [1.165, 1.54) is 11.3 Å². The van der Waals surface area contributed by atoms with Crippen LogP contribution in [0.1, 0.15) is 18.5 Å². The van der Waals surface area contributed by atoms with Gasteiger partial charge in [-0.2, -0.15) is 4.31 Å². The molecular formula is C15H19N3O2S2. The fourth-order valence-corrected chi connectivity index (χ4v) is 5.22. The standard InChI is InChI=1S/C15H19N3O2S2/c1-12-4-2-5-14(16-12)17-13-7-9-18(10-8-13)22(19,20)15-6-3-11-21-15/h2-6,11,13H,7-10H2,1H3,(H,16,17). The molecule has 0 bridgehead atoms. The van der Waals surface area contributed by atoms with Crippen LogP contribution in [0.15, 0.2) is 39.9 Å². The summed E-state index contributed by atoms with van der Waals surface area (Å²) in [6.45, 7) is 3.05. The van der Waals surface area contributed by atoms with Gasteiger partial charge in [0, 0.05) is 24.8 Å². The van der Waals surface area contributed by atoms with Crippen LogP contribution in [-0.2, 0) is 10.0 Å². The van der Waals surface area contributed by atoms with Crippen LogP contribution in [0.5, 0.6) is 0 Å². The first-order chi connectivity index (χ1) is 10.6. The summed E-state index contributed by atoms with van der Waals surface area (Å²) < 4.78 is 26.9. The van der Waals surface area contributed by atoms with Gasteiger partial charge >= 0.3 is 0 Å². The maximum Gasteiger partial charge on any atom is 0.252 e. The largest absolute Gasteiger partial charge is 0.367 e. The van der Waals surface area contributed by atoms with E-state index >= 15 is 0 Å². The highest BCUT2D eigenvalue weighted by Crippen LogP contribution is 2.25. The van der Waals surface area contributed by atoms with Crippen LogP contribution >= 0.6 is 11.3 Å². The van der Waals surface area contributed by atoms with E-state index < -0.39 is 10.0 Å². The van der Waals surface area contributed by atoms with Gasteiger partial charge in [-0.15, -0.1) is 11.3 Å². The van der Waals surface area contributed by atoms with Crippen molar-refractivity contribution in [3.05, 3.63) is 41.4 Å². The molecule has 0 spiro atoms. The minimum absolute atomic E-state index is 0.268. The Hall–Kier alpha value is -1.44. The zero-order chi connectivity index (χ0) is 15.6. The molecule has 1 saturated heterocycles. The van der Waals surface area contributed by atoms with Crippen molar-refractivity contribution in [2.24, 2.45) is 0 Å². The lowest BCUT2D eigenvalue weighted by atomic mass is 10.1. The summed E-state index contributed by atoms with van der Waals surface area (Å²) in [5.41, 5.74) is 0.975. The topological polar surface area (TPSA) is 62.3 Å². The number of hydrogen-bond acceptors (Lipinski definition) is 5. The molecule has 7 heteroatoms. The van der Waals surface area contributed by atoms with Crippen molar-refractivity contribution in [1.82, 2.24) is 9.29 Å². The summed E-state index contributed by atoms with van der Waals surface area (Å²) in [5.74, 6) is 0.861. The van der Waals surface area contributed by atoms with Crippen molar-refractivity contribution in [3.63, 3.8) is 0 Å². The van der Waals surface area contributed by atoms with Gasteiger partial charge in [0.1, 0.15) is 10.0 Å². The molecule has 1 N–H and O–H groups in total. The number of anilines is 1. The summed E-state index contributed by atoms with van der Waals surface area (Å²) in [7, 11) is -3.31. The molecule has 0 aliphatic carbocycles. The van der Waals surface area contributed by atoms with Gasteiger partial charge in [0.15, 0.2) is 0 Å². The molecule has 0 aromatic carbocycles. The fraction of sp³-hybridized carbons (Fsp3) is 0.400. The average Bonchev–Trinajstić information content (AvgIpc) is 3.03. The molecule has 0 atom stereocenters. The lowest BCUT2D eigenvalue weighted by Gasteiger charge is -2.31. The van der Waals surface area contributed by atoms with Crippen molar-refractivity contribution in [2.75, 3.05) is 18.4 Å². The summed E-state index contributed by atoms with van der Waals surface area (Å²) in [6, 6.07) is 9.59. The molecule has 0 amide bonds. The maximum atomic E-state index is 12.5. The first-order valence-corrected chi connectivity index (χ1v) is 9.61. The molecule has 1 aliphatic rings. The Morgan fingerprint density at radius 2 is 2.00 bits per heavy atom. The van der Waals surface area contributed by atoms with E-state index in [-0.39, 0.29) is 6.04 Å².